The van der Waals surface area contributed by atoms with Crippen LogP contribution in [0.15, 0.2) is 36.4 Å². The molecule has 0 fully saturated rings. The molecule has 0 aliphatic carbocycles. The molecule has 1 aliphatic heterocycles. The van der Waals surface area contributed by atoms with Crippen LogP contribution in [0.4, 0.5) is 0 Å². The van der Waals surface area contributed by atoms with Crippen molar-refractivity contribution in [2.75, 3.05) is 6.79 Å². The molecule has 5 heteroatoms. The molecule has 4 rings (SSSR count). The smallest absolute Gasteiger partial charge is 0.307 e. The van der Waals surface area contributed by atoms with E-state index in [1.165, 1.54) is 5.56 Å². The van der Waals surface area contributed by atoms with Crippen LogP contribution >= 0.6 is 0 Å². The van der Waals surface area contributed by atoms with Gasteiger partial charge in [-0.3, -0.25) is 4.79 Å². The molecule has 3 aromatic rings. The average Bonchev–Trinajstić information content (AvgIpc) is 3.18. The normalized spacial score (nSPS) is 12.7. The van der Waals surface area contributed by atoms with Gasteiger partial charge in [0.2, 0.25) is 6.79 Å². The fraction of sp³-hybridized carbons (Fsp3) is 0.211. The maximum atomic E-state index is 11.4. The highest BCUT2D eigenvalue weighted by atomic mass is 16.7. The van der Waals surface area contributed by atoms with Crippen LogP contribution in [-0.2, 0) is 17.6 Å². The van der Waals surface area contributed by atoms with E-state index >= 15 is 0 Å². The summed E-state index contributed by atoms with van der Waals surface area (Å²) >= 11 is 0. The monoisotopic (exact) mass is 323 g/mol. The third kappa shape index (κ3) is 2.38. The van der Waals surface area contributed by atoms with Crippen LogP contribution in [0.5, 0.6) is 11.5 Å². The summed E-state index contributed by atoms with van der Waals surface area (Å²) in [6.07, 6.45) is 0.879. The fourth-order valence-corrected chi connectivity index (χ4v) is 3.15. The van der Waals surface area contributed by atoms with Crippen molar-refractivity contribution in [3.8, 4) is 22.8 Å². The maximum Gasteiger partial charge on any atom is 0.307 e. The van der Waals surface area contributed by atoms with Gasteiger partial charge in [-0.15, -0.1) is 0 Å². The van der Waals surface area contributed by atoms with Crippen LogP contribution in [0.3, 0.4) is 0 Å². The number of aryl methyl sites for hydroxylation is 1. The minimum Gasteiger partial charge on any atom is -0.481 e. The van der Waals surface area contributed by atoms with Crippen molar-refractivity contribution in [3.63, 3.8) is 0 Å². The second-order valence-electron chi connectivity index (χ2n) is 5.85. The summed E-state index contributed by atoms with van der Waals surface area (Å²) in [6.45, 7) is 2.30. The van der Waals surface area contributed by atoms with E-state index in [2.05, 4.69) is 24.0 Å². The summed E-state index contributed by atoms with van der Waals surface area (Å²) in [7, 11) is 0. The Morgan fingerprint density at radius 3 is 2.79 bits per heavy atom. The summed E-state index contributed by atoms with van der Waals surface area (Å²) in [5.74, 6) is 0.546. The number of carboxylic acids is 1. The zero-order chi connectivity index (χ0) is 16.7. The highest BCUT2D eigenvalue weighted by Gasteiger charge is 2.19. The molecule has 0 saturated heterocycles. The van der Waals surface area contributed by atoms with Gasteiger partial charge < -0.3 is 19.6 Å². The standard InChI is InChI=1S/C19H17NO4/c1-2-11-3-5-15-13(7-11)14(9-18(21)22)19(20-15)12-4-6-16-17(8-12)24-10-23-16/h3-8,20H,2,9-10H2,1H3,(H,21,22). The summed E-state index contributed by atoms with van der Waals surface area (Å²) in [5.41, 5.74) is 4.64. The molecule has 5 nitrogen and oxygen atoms in total. The molecule has 0 bridgehead atoms. The number of carboxylic acid groups (broad SMARTS) is 1. The number of hydrogen-bond donors (Lipinski definition) is 2. The van der Waals surface area contributed by atoms with Crippen molar-refractivity contribution in [3.05, 3.63) is 47.5 Å². The highest BCUT2D eigenvalue weighted by Crippen LogP contribution is 2.38. The molecule has 0 atom stereocenters. The van der Waals surface area contributed by atoms with Crippen molar-refractivity contribution in [1.82, 2.24) is 4.98 Å². The third-order valence-electron chi connectivity index (χ3n) is 4.37. The predicted octanol–water partition coefficient (Wildman–Crippen LogP) is 3.75. The lowest BCUT2D eigenvalue weighted by atomic mass is 10.0. The lowest BCUT2D eigenvalue weighted by Crippen LogP contribution is -2.01. The maximum absolute atomic E-state index is 11.4. The number of carbonyl (C=O) groups is 1. The molecule has 1 aromatic heterocycles. The van der Waals surface area contributed by atoms with Gasteiger partial charge >= 0.3 is 5.97 Å². The molecule has 0 unspecified atom stereocenters. The molecule has 1 aliphatic rings. The number of H-pyrrole nitrogens is 1. The Morgan fingerprint density at radius 1 is 1.17 bits per heavy atom. The second-order valence-corrected chi connectivity index (χ2v) is 5.85. The second kappa shape index (κ2) is 5.60. The van der Waals surface area contributed by atoms with E-state index in [0.717, 1.165) is 34.1 Å². The van der Waals surface area contributed by atoms with Gasteiger partial charge in [0.05, 0.1) is 12.1 Å². The Hall–Kier alpha value is -2.95. The number of ether oxygens (including phenoxy) is 2. The number of hydrogen-bond acceptors (Lipinski definition) is 3. The van der Waals surface area contributed by atoms with Crippen LogP contribution in [0, 0.1) is 0 Å². The number of aromatic nitrogens is 1. The zero-order valence-corrected chi connectivity index (χ0v) is 13.3. The van der Waals surface area contributed by atoms with Gasteiger partial charge in [-0.25, -0.2) is 0 Å². The molecule has 0 amide bonds. The molecular formula is C19H17NO4. The molecule has 122 valence electrons. The Bertz CT molecular complexity index is 942. The fourth-order valence-electron chi connectivity index (χ4n) is 3.15. The van der Waals surface area contributed by atoms with Crippen molar-refractivity contribution < 1.29 is 19.4 Å². The Balaban J connectivity index is 1.91. The lowest BCUT2D eigenvalue weighted by molar-refractivity contribution is -0.136. The number of aromatic amines is 1. The Morgan fingerprint density at radius 2 is 2.00 bits per heavy atom. The first kappa shape index (κ1) is 14.6. The minimum atomic E-state index is -0.847. The van der Waals surface area contributed by atoms with Crippen LogP contribution < -0.4 is 9.47 Å². The molecule has 24 heavy (non-hydrogen) atoms. The van der Waals surface area contributed by atoms with Gasteiger partial charge in [-0.1, -0.05) is 13.0 Å². The summed E-state index contributed by atoms with van der Waals surface area (Å²) in [6, 6.07) is 11.8. The number of rotatable bonds is 4. The number of nitrogens with one attached hydrogen (secondary N) is 1. The molecule has 0 saturated carbocycles. The average molecular weight is 323 g/mol. The number of aliphatic carboxylic acids is 1. The van der Waals surface area contributed by atoms with Crippen LogP contribution in [0.1, 0.15) is 18.1 Å². The van der Waals surface area contributed by atoms with E-state index in [1.54, 1.807) is 0 Å². The van der Waals surface area contributed by atoms with E-state index in [0.29, 0.717) is 11.5 Å². The van der Waals surface area contributed by atoms with E-state index in [9.17, 15) is 9.90 Å². The number of benzene rings is 2. The Kier molecular flexibility index (Phi) is 3.41. The molecule has 2 aromatic carbocycles. The van der Waals surface area contributed by atoms with Gasteiger partial charge in [0.1, 0.15) is 0 Å². The number of fused-ring (bicyclic) bond motifs is 2. The quantitative estimate of drug-likeness (QED) is 0.767. The largest absolute Gasteiger partial charge is 0.481 e. The summed E-state index contributed by atoms with van der Waals surface area (Å²) in [4.78, 5) is 14.7. The van der Waals surface area contributed by atoms with Gasteiger partial charge in [0.15, 0.2) is 11.5 Å². The van der Waals surface area contributed by atoms with Crippen LogP contribution in [0.2, 0.25) is 0 Å². The van der Waals surface area contributed by atoms with Crippen LogP contribution in [0.25, 0.3) is 22.2 Å². The lowest BCUT2D eigenvalue weighted by Gasteiger charge is -2.05. The van der Waals surface area contributed by atoms with Crippen molar-refractivity contribution in [2.24, 2.45) is 0 Å². The minimum absolute atomic E-state index is 0.0308. The first-order valence-corrected chi connectivity index (χ1v) is 7.91. The van der Waals surface area contributed by atoms with Gasteiger partial charge in [-0.05, 0) is 47.9 Å². The molecular weight excluding hydrogens is 306 g/mol. The summed E-state index contributed by atoms with van der Waals surface area (Å²) < 4.78 is 10.8. The van der Waals surface area contributed by atoms with Crippen molar-refractivity contribution in [2.45, 2.75) is 19.8 Å². The van der Waals surface area contributed by atoms with Gasteiger partial charge in [0.25, 0.3) is 0 Å². The third-order valence-corrected chi connectivity index (χ3v) is 4.37. The summed E-state index contributed by atoms with van der Waals surface area (Å²) in [5, 5.41) is 10.3. The van der Waals surface area contributed by atoms with E-state index in [-0.39, 0.29) is 13.2 Å². The first-order chi connectivity index (χ1) is 11.7. The SMILES string of the molecule is CCc1ccc2[nH]c(-c3ccc4c(c3)OCO4)c(CC(=O)O)c2c1. The van der Waals surface area contributed by atoms with E-state index < -0.39 is 5.97 Å². The molecule has 2 heterocycles. The topological polar surface area (TPSA) is 71.5 Å². The Labute approximate surface area is 138 Å². The molecule has 0 radical (unpaired) electrons. The molecule has 0 spiro atoms. The first-order valence-electron chi connectivity index (χ1n) is 7.91. The zero-order valence-electron chi connectivity index (χ0n) is 13.3. The molecule has 2 N–H and O–H groups in total. The predicted molar refractivity (Wildman–Crippen MR) is 90.6 cm³/mol. The van der Waals surface area contributed by atoms with E-state index in [1.807, 2.05) is 24.3 Å². The van der Waals surface area contributed by atoms with E-state index in [4.69, 9.17) is 9.47 Å². The highest BCUT2D eigenvalue weighted by molar-refractivity contribution is 5.94. The van der Waals surface area contributed by atoms with Crippen LogP contribution in [-0.4, -0.2) is 22.9 Å². The van der Waals surface area contributed by atoms with Crippen molar-refractivity contribution >= 4 is 16.9 Å². The van der Waals surface area contributed by atoms with Gasteiger partial charge in [-0.2, -0.15) is 0 Å². The van der Waals surface area contributed by atoms with Crippen molar-refractivity contribution in [1.29, 1.82) is 0 Å². The van der Waals surface area contributed by atoms with Gasteiger partial charge in [0, 0.05) is 16.5 Å².